The van der Waals surface area contributed by atoms with Crippen molar-refractivity contribution in [2.75, 3.05) is 5.75 Å². The molecule has 1 fully saturated rings. The summed E-state index contributed by atoms with van der Waals surface area (Å²) in [5.41, 5.74) is 2.42. The van der Waals surface area contributed by atoms with Crippen LogP contribution in [0.5, 0.6) is 0 Å². The zero-order valence-corrected chi connectivity index (χ0v) is 10.7. The molecule has 2 heteroatoms. The molecule has 1 nitrogen and oxygen atoms in total. The highest BCUT2D eigenvalue weighted by atomic mass is 32.2. The van der Waals surface area contributed by atoms with E-state index in [9.17, 15) is 5.11 Å². The van der Waals surface area contributed by atoms with Crippen LogP contribution in [0, 0.1) is 0 Å². The summed E-state index contributed by atoms with van der Waals surface area (Å²) in [7, 11) is 0. The second kappa shape index (κ2) is 5.74. The van der Waals surface area contributed by atoms with Gasteiger partial charge in [-0.2, -0.15) is 11.8 Å². The Hall–Kier alpha value is -0.470. The van der Waals surface area contributed by atoms with Gasteiger partial charge < -0.3 is 5.11 Å². The Morgan fingerprint density at radius 1 is 1.31 bits per heavy atom. The van der Waals surface area contributed by atoms with Gasteiger partial charge in [0.25, 0.3) is 0 Å². The van der Waals surface area contributed by atoms with E-state index < -0.39 is 0 Å². The van der Waals surface area contributed by atoms with Crippen molar-refractivity contribution in [1.82, 2.24) is 0 Å². The minimum Gasteiger partial charge on any atom is -0.387 e. The normalized spacial score (nSPS) is 23.0. The predicted octanol–water partition coefficient (Wildman–Crippen LogP) is 3.57. The molecule has 0 saturated carbocycles. The molecule has 0 amide bonds. The van der Waals surface area contributed by atoms with Gasteiger partial charge in [-0.05, 0) is 36.1 Å². The van der Waals surface area contributed by atoms with E-state index in [1.165, 1.54) is 24.2 Å². The van der Waals surface area contributed by atoms with E-state index in [1.54, 1.807) is 0 Å². The standard InChI is InChI=1S/C14H20OS/c1-2-11-6-8-12(9-7-11)14(15)13-5-3-4-10-16-13/h6-9,13-15H,2-5,10H2,1H3. The number of hydrogen-bond acceptors (Lipinski definition) is 2. The molecule has 0 aliphatic carbocycles. The van der Waals surface area contributed by atoms with Crippen molar-refractivity contribution < 1.29 is 5.11 Å². The van der Waals surface area contributed by atoms with Gasteiger partial charge in [0.1, 0.15) is 0 Å². The molecule has 88 valence electrons. The van der Waals surface area contributed by atoms with Gasteiger partial charge in [-0.25, -0.2) is 0 Å². The number of hydrogen-bond donors (Lipinski definition) is 1. The van der Waals surface area contributed by atoms with Crippen molar-refractivity contribution in [2.45, 2.75) is 44.0 Å². The Labute approximate surface area is 102 Å². The average molecular weight is 236 g/mol. The molecule has 2 rings (SSSR count). The van der Waals surface area contributed by atoms with Crippen molar-refractivity contribution in [3.63, 3.8) is 0 Å². The molecule has 1 aliphatic heterocycles. The van der Waals surface area contributed by atoms with Crippen LogP contribution >= 0.6 is 11.8 Å². The van der Waals surface area contributed by atoms with Crippen LogP contribution in [0.2, 0.25) is 0 Å². The largest absolute Gasteiger partial charge is 0.387 e. The third-order valence-corrected chi connectivity index (χ3v) is 4.74. The van der Waals surface area contributed by atoms with Crippen LogP contribution < -0.4 is 0 Å². The highest BCUT2D eigenvalue weighted by Gasteiger charge is 2.23. The molecule has 0 spiro atoms. The average Bonchev–Trinajstić information content (AvgIpc) is 2.39. The minimum absolute atomic E-state index is 0.281. The second-order valence-corrected chi connectivity index (χ2v) is 5.79. The van der Waals surface area contributed by atoms with E-state index in [0.29, 0.717) is 5.25 Å². The molecule has 0 radical (unpaired) electrons. The molecule has 1 N–H and O–H groups in total. The third-order valence-electron chi connectivity index (χ3n) is 3.30. The smallest absolute Gasteiger partial charge is 0.0908 e. The lowest BCUT2D eigenvalue weighted by Crippen LogP contribution is -2.18. The molecular formula is C14H20OS. The van der Waals surface area contributed by atoms with Crippen LogP contribution in [0.25, 0.3) is 0 Å². The lowest BCUT2D eigenvalue weighted by molar-refractivity contribution is 0.169. The quantitative estimate of drug-likeness (QED) is 0.866. The van der Waals surface area contributed by atoms with E-state index in [0.717, 1.165) is 18.4 Å². The Balaban J connectivity index is 2.04. The first kappa shape index (κ1) is 12.0. The van der Waals surface area contributed by atoms with Crippen LogP contribution in [0.3, 0.4) is 0 Å². The highest BCUT2D eigenvalue weighted by molar-refractivity contribution is 7.99. The van der Waals surface area contributed by atoms with E-state index in [-0.39, 0.29) is 6.10 Å². The summed E-state index contributed by atoms with van der Waals surface area (Å²) < 4.78 is 0. The Bertz CT molecular complexity index is 314. The van der Waals surface area contributed by atoms with Gasteiger partial charge in [-0.15, -0.1) is 0 Å². The zero-order chi connectivity index (χ0) is 11.4. The van der Waals surface area contributed by atoms with E-state index >= 15 is 0 Å². The highest BCUT2D eigenvalue weighted by Crippen LogP contribution is 2.34. The Morgan fingerprint density at radius 3 is 2.62 bits per heavy atom. The van der Waals surface area contributed by atoms with Crippen molar-refractivity contribution in [3.05, 3.63) is 35.4 Å². The van der Waals surface area contributed by atoms with Gasteiger partial charge >= 0.3 is 0 Å². The van der Waals surface area contributed by atoms with Gasteiger partial charge in [0, 0.05) is 5.25 Å². The number of thioether (sulfide) groups is 1. The van der Waals surface area contributed by atoms with Gasteiger partial charge in [0.2, 0.25) is 0 Å². The molecule has 1 heterocycles. The van der Waals surface area contributed by atoms with Crippen molar-refractivity contribution in [2.24, 2.45) is 0 Å². The molecule has 1 aliphatic rings. The maximum Gasteiger partial charge on any atom is 0.0908 e. The number of rotatable bonds is 3. The van der Waals surface area contributed by atoms with Gasteiger partial charge in [0.15, 0.2) is 0 Å². The van der Waals surface area contributed by atoms with E-state index in [4.69, 9.17) is 0 Å². The molecule has 0 aromatic heterocycles. The molecule has 2 atom stereocenters. The van der Waals surface area contributed by atoms with E-state index in [2.05, 4.69) is 31.2 Å². The summed E-state index contributed by atoms with van der Waals surface area (Å²) in [6, 6.07) is 8.43. The summed E-state index contributed by atoms with van der Waals surface area (Å²) in [5.74, 6) is 1.20. The summed E-state index contributed by atoms with van der Waals surface area (Å²) in [5, 5.41) is 10.7. The lowest BCUT2D eigenvalue weighted by Gasteiger charge is -2.26. The maximum atomic E-state index is 10.3. The molecule has 16 heavy (non-hydrogen) atoms. The molecule has 1 aromatic rings. The third kappa shape index (κ3) is 2.80. The Kier molecular flexibility index (Phi) is 4.30. The van der Waals surface area contributed by atoms with Crippen LogP contribution in [0.4, 0.5) is 0 Å². The van der Waals surface area contributed by atoms with Gasteiger partial charge in [-0.1, -0.05) is 37.6 Å². The fraction of sp³-hybridized carbons (Fsp3) is 0.571. The summed E-state index contributed by atoms with van der Waals surface area (Å²) >= 11 is 1.93. The molecule has 2 unspecified atom stereocenters. The lowest BCUT2D eigenvalue weighted by atomic mass is 10.0. The fourth-order valence-corrected chi connectivity index (χ4v) is 3.53. The second-order valence-electron chi connectivity index (χ2n) is 4.44. The molecule has 0 bridgehead atoms. The monoisotopic (exact) mass is 236 g/mol. The predicted molar refractivity (Wildman–Crippen MR) is 70.9 cm³/mol. The van der Waals surface area contributed by atoms with Crippen LogP contribution in [0.15, 0.2) is 24.3 Å². The van der Waals surface area contributed by atoms with Crippen LogP contribution in [-0.4, -0.2) is 16.1 Å². The first-order valence-electron chi connectivity index (χ1n) is 6.19. The van der Waals surface area contributed by atoms with Crippen molar-refractivity contribution in [1.29, 1.82) is 0 Å². The summed E-state index contributed by atoms with van der Waals surface area (Å²) in [6.45, 7) is 2.16. The minimum atomic E-state index is -0.281. The topological polar surface area (TPSA) is 20.2 Å². The van der Waals surface area contributed by atoms with Crippen molar-refractivity contribution in [3.8, 4) is 0 Å². The number of aliphatic hydroxyl groups is 1. The fourth-order valence-electron chi connectivity index (χ4n) is 2.18. The van der Waals surface area contributed by atoms with Crippen molar-refractivity contribution >= 4 is 11.8 Å². The Morgan fingerprint density at radius 2 is 2.06 bits per heavy atom. The summed E-state index contributed by atoms with van der Waals surface area (Å²) in [6.07, 6.45) is 4.51. The molecule has 1 saturated heterocycles. The number of aryl methyl sites for hydroxylation is 1. The van der Waals surface area contributed by atoms with Crippen LogP contribution in [0.1, 0.15) is 43.4 Å². The SMILES string of the molecule is CCc1ccc(C(O)C2CCCCS2)cc1. The number of benzene rings is 1. The van der Waals surface area contributed by atoms with E-state index in [1.807, 2.05) is 11.8 Å². The molecular weight excluding hydrogens is 216 g/mol. The first-order valence-corrected chi connectivity index (χ1v) is 7.24. The first-order chi connectivity index (χ1) is 7.81. The number of aliphatic hydroxyl groups excluding tert-OH is 1. The maximum absolute atomic E-state index is 10.3. The summed E-state index contributed by atoms with van der Waals surface area (Å²) in [4.78, 5) is 0. The van der Waals surface area contributed by atoms with Crippen LogP contribution in [-0.2, 0) is 6.42 Å². The molecule has 1 aromatic carbocycles. The van der Waals surface area contributed by atoms with Gasteiger partial charge in [0.05, 0.1) is 6.10 Å². The zero-order valence-electron chi connectivity index (χ0n) is 9.86. The van der Waals surface area contributed by atoms with Gasteiger partial charge in [-0.3, -0.25) is 0 Å².